The lowest BCUT2D eigenvalue weighted by Gasteiger charge is -2.38. The van der Waals surface area contributed by atoms with Crippen LogP contribution in [0.4, 0.5) is 11.4 Å². The highest BCUT2D eigenvalue weighted by Crippen LogP contribution is 2.29. The molecule has 0 aliphatic carbocycles. The number of anilines is 2. The van der Waals surface area contributed by atoms with Crippen molar-refractivity contribution in [3.8, 4) is 5.75 Å². The van der Waals surface area contributed by atoms with Gasteiger partial charge in [-0.2, -0.15) is 0 Å². The minimum Gasteiger partial charge on any atom is -0.495 e. The van der Waals surface area contributed by atoms with Crippen molar-refractivity contribution in [2.24, 2.45) is 0 Å². The Labute approximate surface area is 168 Å². The van der Waals surface area contributed by atoms with Gasteiger partial charge < -0.3 is 19.9 Å². The summed E-state index contributed by atoms with van der Waals surface area (Å²) in [4.78, 5) is 4.70. The Balaban J connectivity index is 1.65. The Hall–Kier alpha value is -2.27. The van der Waals surface area contributed by atoms with E-state index in [9.17, 15) is 0 Å². The second-order valence-electron chi connectivity index (χ2n) is 7.26. The molecule has 0 amide bonds. The van der Waals surface area contributed by atoms with Crippen molar-refractivity contribution in [1.82, 2.24) is 4.90 Å². The van der Waals surface area contributed by atoms with Crippen LogP contribution in [0.1, 0.15) is 22.3 Å². The molecule has 0 bridgehead atoms. The Morgan fingerprint density at radius 2 is 1.63 bits per heavy atom. The molecule has 1 aliphatic heterocycles. The highest BCUT2D eigenvalue weighted by molar-refractivity contribution is 7.80. The van der Waals surface area contributed by atoms with Crippen LogP contribution in [0.2, 0.25) is 0 Å². The summed E-state index contributed by atoms with van der Waals surface area (Å²) in [5.41, 5.74) is 7.42. The summed E-state index contributed by atoms with van der Waals surface area (Å²) < 4.78 is 5.52. The van der Waals surface area contributed by atoms with Crippen LogP contribution in [0.25, 0.3) is 0 Å². The third-order valence-corrected chi connectivity index (χ3v) is 5.90. The van der Waals surface area contributed by atoms with Gasteiger partial charge in [0.05, 0.1) is 12.8 Å². The van der Waals surface area contributed by atoms with E-state index in [2.05, 4.69) is 73.1 Å². The lowest BCUT2D eigenvalue weighted by atomic mass is 10.1. The molecule has 5 heteroatoms. The van der Waals surface area contributed by atoms with Crippen LogP contribution in [-0.2, 0) is 0 Å². The molecule has 1 saturated heterocycles. The monoisotopic (exact) mass is 383 g/mol. The van der Waals surface area contributed by atoms with Gasteiger partial charge in [-0.05, 0) is 80.4 Å². The fourth-order valence-corrected chi connectivity index (χ4v) is 3.77. The summed E-state index contributed by atoms with van der Waals surface area (Å²) in [7, 11) is 1.70. The number of nitrogens with zero attached hydrogens (tertiary/aromatic N) is 2. The predicted octanol–water partition coefficient (Wildman–Crippen LogP) is 4.45. The van der Waals surface area contributed by atoms with Crippen LogP contribution in [-0.4, -0.2) is 43.3 Å². The first kappa shape index (κ1) is 19.5. The maximum Gasteiger partial charge on any atom is 0.173 e. The van der Waals surface area contributed by atoms with Crippen molar-refractivity contribution in [1.29, 1.82) is 0 Å². The van der Waals surface area contributed by atoms with Crippen LogP contribution >= 0.6 is 12.2 Å². The lowest BCUT2D eigenvalue weighted by Crippen LogP contribution is -2.50. The van der Waals surface area contributed by atoms with E-state index in [1.54, 1.807) is 7.11 Å². The average Bonchev–Trinajstić information content (AvgIpc) is 2.67. The predicted molar refractivity (Wildman–Crippen MR) is 118 cm³/mol. The molecule has 3 rings (SSSR count). The number of thiocarbonyl (C=S) groups is 1. The van der Waals surface area contributed by atoms with Crippen LogP contribution in [0, 0.1) is 27.7 Å². The minimum atomic E-state index is 0.761. The van der Waals surface area contributed by atoms with Gasteiger partial charge in [-0.3, -0.25) is 0 Å². The zero-order valence-electron chi connectivity index (χ0n) is 16.9. The zero-order valence-corrected chi connectivity index (χ0v) is 17.7. The number of ether oxygens (including phenoxy) is 1. The third-order valence-electron chi connectivity index (χ3n) is 5.54. The van der Waals surface area contributed by atoms with Crippen molar-refractivity contribution in [2.45, 2.75) is 27.7 Å². The van der Waals surface area contributed by atoms with Crippen molar-refractivity contribution in [2.75, 3.05) is 43.5 Å². The van der Waals surface area contributed by atoms with Gasteiger partial charge >= 0.3 is 0 Å². The number of hydrogen-bond acceptors (Lipinski definition) is 3. The topological polar surface area (TPSA) is 27.7 Å². The number of aryl methyl sites for hydroxylation is 3. The molecule has 0 spiro atoms. The molecular formula is C22H29N3OS. The summed E-state index contributed by atoms with van der Waals surface area (Å²) >= 11 is 5.68. The Morgan fingerprint density at radius 1 is 0.963 bits per heavy atom. The summed E-state index contributed by atoms with van der Waals surface area (Å²) in [5, 5.41) is 4.15. The molecule has 144 valence electrons. The van der Waals surface area contributed by atoms with Crippen LogP contribution in [0.3, 0.4) is 0 Å². The van der Waals surface area contributed by atoms with Crippen molar-refractivity contribution < 1.29 is 4.74 Å². The van der Waals surface area contributed by atoms with Gasteiger partial charge in [0, 0.05) is 31.9 Å². The summed E-state index contributed by atoms with van der Waals surface area (Å²) in [6.07, 6.45) is 0. The van der Waals surface area contributed by atoms with Crippen LogP contribution < -0.4 is 15.0 Å². The normalized spacial score (nSPS) is 14.3. The number of methoxy groups -OCH3 is 1. The van der Waals surface area contributed by atoms with Crippen molar-refractivity contribution in [3.05, 3.63) is 52.6 Å². The summed E-state index contributed by atoms with van der Waals surface area (Å²) in [5.74, 6) is 0.828. The zero-order chi connectivity index (χ0) is 19.6. The number of nitrogens with one attached hydrogen (secondary N) is 1. The van der Waals surface area contributed by atoms with E-state index in [1.165, 1.54) is 27.9 Å². The van der Waals surface area contributed by atoms with Crippen molar-refractivity contribution >= 4 is 28.7 Å². The van der Waals surface area contributed by atoms with Gasteiger partial charge in [0.2, 0.25) is 0 Å². The van der Waals surface area contributed by atoms with Crippen molar-refractivity contribution in [3.63, 3.8) is 0 Å². The minimum absolute atomic E-state index is 0.761. The molecule has 27 heavy (non-hydrogen) atoms. The van der Waals surface area contributed by atoms with Gasteiger partial charge in [0.25, 0.3) is 0 Å². The molecule has 1 heterocycles. The van der Waals surface area contributed by atoms with Gasteiger partial charge in [0.1, 0.15) is 5.75 Å². The highest BCUT2D eigenvalue weighted by atomic mass is 32.1. The van der Waals surface area contributed by atoms with E-state index in [4.69, 9.17) is 17.0 Å². The average molecular weight is 384 g/mol. The van der Waals surface area contributed by atoms with Gasteiger partial charge in [0.15, 0.2) is 5.11 Å². The van der Waals surface area contributed by atoms with E-state index >= 15 is 0 Å². The molecule has 0 atom stereocenters. The van der Waals surface area contributed by atoms with Gasteiger partial charge in [-0.1, -0.05) is 12.1 Å². The first-order valence-electron chi connectivity index (χ1n) is 9.43. The number of benzene rings is 2. The smallest absolute Gasteiger partial charge is 0.173 e. The molecule has 1 aliphatic rings. The standard InChI is InChI=1S/C22H29N3OS/c1-15-7-6-8-20(18(15)4)24-9-11-25(12-10-24)22(27)23-19-13-16(2)17(3)14-21(19)26-5/h6-8,13-14H,9-12H2,1-5H3,(H,23,27). The SMILES string of the molecule is COc1cc(C)c(C)cc1NC(=S)N1CCN(c2cccc(C)c2C)CC1. The Morgan fingerprint density at radius 3 is 2.30 bits per heavy atom. The molecule has 4 nitrogen and oxygen atoms in total. The van der Waals surface area contributed by atoms with E-state index in [0.717, 1.165) is 42.7 Å². The molecule has 0 saturated carbocycles. The third kappa shape index (κ3) is 4.19. The highest BCUT2D eigenvalue weighted by Gasteiger charge is 2.21. The van der Waals surface area contributed by atoms with E-state index in [1.807, 2.05) is 0 Å². The molecule has 0 unspecified atom stereocenters. The quantitative estimate of drug-likeness (QED) is 0.791. The molecule has 2 aromatic carbocycles. The summed E-state index contributed by atoms with van der Waals surface area (Å²) in [6, 6.07) is 10.7. The number of hydrogen-bond donors (Lipinski definition) is 1. The Bertz CT molecular complexity index is 842. The fourth-order valence-electron chi connectivity index (χ4n) is 3.48. The maximum atomic E-state index is 5.68. The molecule has 1 fully saturated rings. The number of piperazine rings is 1. The van der Waals surface area contributed by atoms with E-state index < -0.39 is 0 Å². The second kappa shape index (κ2) is 8.17. The molecule has 0 aromatic heterocycles. The maximum absolute atomic E-state index is 5.68. The van der Waals surface area contributed by atoms with E-state index in [-0.39, 0.29) is 0 Å². The molecule has 1 N–H and O–H groups in total. The second-order valence-corrected chi connectivity index (χ2v) is 7.65. The molecule has 2 aromatic rings. The molecular weight excluding hydrogens is 354 g/mol. The van der Waals surface area contributed by atoms with E-state index in [0.29, 0.717) is 0 Å². The number of rotatable bonds is 3. The lowest BCUT2D eigenvalue weighted by molar-refractivity contribution is 0.390. The molecule has 0 radical (unpaired) electrons. The fraction of sp³-hybridized carbons (Fsp3) is 0.409. The van der Waals surface area contributed by atoms with Crippen LogP contribution in [0.15, 0.2) is 30.3 Å². The van der Waals surface area contributed by atoms with Gasteiger partial charge in [-0.25, -0.2) is 0 Å². The van der Waals surface area contributed by atoms with Gasteiger partial charge in [-0.15, -0.1) is 0 Å². The largest absolute Gasteiger partial charge is 0.495 e. The Kier molecular flexibility index (Phi) is 5.90. The van der Waals surface area contributed by atoms with Crippen LogP contribution in [0.5, 0.6) is 5.75 Å². The first-order chi connectivity index (χ1) is 12.9. The first-order valence-corrected chi connectivity index (χ1v) is 9.84. The summed E-state index contributed by atoms with van der Waals surface area (Å²) in [6.45, 7) is 12.3.